The number of para-hydroxylation sites is 1. The van der Waals surface area contributed by atoms with Gasteiger partial charge in [0.15, 0.2) is 5.76 Å². The Balaban J connectivity index is 1.94. The van der Waals surface area contributed by atoms with Crippen molar-refractivity contribution in [2.24, 2.45) is 0 Å². The molecule has 0 aliphatic rings. The molecule has 5 nitrogen and oxygen atoms in total. The lowest BCUT2D eigenvalue weighted by atomic mass is 10.1. The Bertz CT molecular complexity index is 746. The van der Waals surface area contributed by atoms with E-state index in [-0.39, 0.29) is 11.8 Å². The van der Waals surface area contributed by atoms with Crippen molar-refractivity contribution in [2.75, 3.05) is 0 Å². The molecule has 0 radical (unpaired) electrons. The predicted octanol–water partition coefficient (Wildman–Crippen LogP) is 4.05. The molecule has 0 saturated heterocycles. The van der Waals surface area contributed by atoms with E-state index < -0.39 is 6.67 Å². The molecule has 21 heavy (non-hydrogen) atoms. The van der Waals surface area contributed by atoms with Crippen LogP contribution in [0.3, 0.4) is 0 Å². The van der Waals surface area contributed by atoms with Crippen LogP contribution in [0.4, 0.5) is 4.39 Å². The van der Waals surface area contributed by atoms with Crippen LogP contribution in [0.15, 0.2) is 47.2 Å². The van der Waals surface area contributed by atoms with E-state index in [1.54, 1.807) is 18.2 Å². The summed E-state index contributed by atoms with van der Waals surface area (Å²) in [5, 5.41) is 4.23. The Labute approximate surface area is 124 Å². The molecule has 0 saturated carbocycles. The minimum atomic E-state index is -0.712. The Kier molecular flexibility index (Phi) is 3.79. The highest BCUT2D eigenvalue weighted by Gasteiger charge is 2.13. The SMILES string of the molecule is FCc1cc(-c2ccccc2Oc2ncc(Cl)cn2)no1. The first kappa shape index (κ1) is 13.5. The molecule has 2 heterocycles. The van der Waals surface area contributed by atoms with Gasteiger partial charge in [-0.05, 0) is 12.1 Å². The third-order valence-electron chi connectivity index (χ3n) is 2.65. The second kappa shape index (κ2) is 5.88. The van der Waals surface area contributed by atoms with Crippen LogP contribution in [0.1, 0.15) is 5.76 Å². The van der Waals surface area contributed by atoms with E-state index >= 15 is 0 Å². The van der Waals surface area contributed by atoms with Crippen LogP contribution < -0.4 is 4.74 Å². The van der Waals surface area contributed by atoms with Gasteiger partial charge >= 0.3 is 6.01 Å². The summed E-state index contributed by atoms with van der Waals surface area (Å²) in [4.78, 5) is 7.92. The normalized spacial score (nSPS) is 10.6. The quantitative estimate of drug-likeness (QED) is 0.727. The van der Waals surface area contributed by atoms with Crippen molar-refractivity contribution in [2.45, 2.75) is 6.67 Å². The van der Waals surface area contributed by atoms with Gasteiger partial charge in [0.1, 0.15) is 18.1 Å². The molecule has 0 unspecified atom stereocenters. The molecule has 0 N–H and O–H groups in total. The van der Waals surface area contributed by atoms with Crippen LogP contribution in [-0.2, 0) is 6.67 Å². The van der Waals surface area contributed by atoms with E-state index in [1.165, 1.54) is 18.5 Å². The molecule has 0 aliphatic carbocycles. The summed E-state index contributed by atoms with van der Waals surface area (Å²) in [6.07, 6.45) is 2.87. The summed E-state index contributed by atoms with van der Waals surface area (Å²) in [5.74, 6) is 0.640. The van der Waals surface area contributed by atoms with E-state index in [0.717, 1.165) is 0 Å². The zero-order valence-corrected chi connectivity index (χ0v) is 11.4. The summed E-state index contributed by atoms with van der Waals surface area (Å²) >= 11 is 5.72. The largest absolute Gasteiger partial charge is 0.424 e. The molecular formula is C14H9ClFN3O2. The van der Waals surface area contributed by atoms with Gasteiger partial charge in [-0.2, -0.15) is 0 Å². The van der Waals surface area contributed by atoms with E-state index in [4.69, 9.17) is 20.9 Å². The minimum absolute atomic E-state index is 0.154. The van der Waals surface area contributed by atoms with E-state index in [9.17, 15) is 4.39 Å². The number of ether oxygens (including phenoxy) is 1. The predicted molar refractivity (Wildman–Crippen MR) is 73.9 cm³/mol. The highest BCUT2D eigenvalue weighted by atomic mass is 35.5. The molecule has 0 amide bonds. The number of aromatic nitrogens is 3. The smallest absolute Gasteiger partial charge is 0.321 e. The molecule has 0 aliphatic heterocycles. The lowest BCUT2D eigenvalue weighted by molar-refractivity contribution is 0.331. The summed E-state index contributed by atoms with van der Waals surface area (Å²) < 4.78 is 23.0. The van der Waals surface area contributed by atoms with Crippen molar-refractivity contribution in [1.82, 2.24) is 15.1 Å². The molecule has 0 fully saturated rings. The number of hydrogen-bond acceptors (Lipinski definition) is 5. The minimum Gasteiger partial charge on any atom is -0.424 e. The molecule has 7 heteroatoms. The molecule has 2 aromatic heterocycles. The number of nitrogens with zero attached hydrogens (tertiary/aromatic N) is 3. The van der Waals surface area contributed by atoms with Crippen molar-refractivity contribution in [3.8, 4) is 23.0 Å². The standard InChI is InChI=1S/C14H9ClFN3O2/c15-9-7-17-14(18-8-9)20-13-4-2-1-3-11(13)12-5-10(6-16)21-19-12/h1-5,7-8H,6H2. The topological polar surface area (TPSA) is 61.0 Å². The Morgan fingerprint density at radius 2 is 1.95 bits per heavy atom. The second-order valence-electron chi connectivity index (χ2n) is 4.09. The summed E-state index contributed by atoms with van der Waals surface area (Å²) in [5.41, 5.74) is 1.13. The monoisotopic (exact) mass is 305 g/mol. The number of alkyl halides is 1. The average Bonchev–Trinajstić information content (AvgIpc) is 2.99. The van der Waals surface area contributed by atoms with Gasteiger partial charge in [-0.15, -0.1) is 0 Å². The van der Waals surface area contributed by atoms with E-state index in [0.29, 0.717) is 22.0 Å². The maximum absolute atomic E-state index is 12.5. The lowest BCUT2D eigenvalue weighted by Crippen LogP contribution is -1.93. The van der Waals surface area contributed by atoms with Crippen LogP contribution in [0.25, 0.3) is 11.3 Å². The Hall–Kier alpha value is -2.47. The van der Waals surface area contributed by atoms with Gasteiger partial charge in [-0.3, -0.25) is 0 Å². The van der Waals surface area contributed by atoms with Crippen molar-refractivity contribution < 1.29 is 13.7 Å². The van der Waals surface area contributed by atoms with Gasteiger partial charge in [0.05, 0.1) is 17.4 Å². The highest BCUT2D eigenvalue weighted by molar-refractivity contribution is 6.30. The van der Waals surface area contributed by atoms with Crippen molar-refractivity contribution in [3.63, 3.8) is 0 Å². The highest BCUT2D eigenvalue weighted by Crippen LogP contribution is 2.31. The lowest BCUT2D eigenvalue weighted by Gasteiger charge is -2.07. The summed E-state index contributed by atoms with van der Waals surface area (Å²) in [6, 6.07) is 8.80. The third kappa shape index (κ3) is 3.00. The Morgan fingerprint density at radius 3 is 2.67 bits per heavy atom. The van der Waals surface area contributed by atoms with Gasteiger partial charge in [0, 0.05) is 11.6 Å². The third-order valence-corrected chi connectivity index (χ3v) is 2.85. The van der Waals surface area contributed by atoms with Crippen LogP contribution in [0.2, 0.25) is 5.02 Å². The average molecular weight is 306 g/mol. The molecule has 0 spiro atoms. The zero-order chi connectivity index (χ0) is 14.7. The van der Waals surface area contributed by atoms with Gasteiger partial charge in [0.25, 0.3) is 0 Å². The van der Waals surface area contributed by atoms with Crippen molar-refractivity contribution in [1.29, 1.82) is 0 Å². The first-order valence-electron chi connectivity index (χ1n) is 6.02. The van der Waals surface area contributed by atoms with Gasteiger partial charge in [0.2, 0.25) is 0 Å². The second-order valence-corrected chi connectivity index (χ2v) is 4.53. The Morgan fingerprint density at radius 1 is 1.19 bits per heavy atom. The van der Waals surface area contributed by atoms with E-state index in [1.807, 2.05) is 6.07 Å². The molecule has 3 rings (SSSR count). The fraction of sp³-hybridized carbons (Fsp3) is 0.0714. The first-order valence-corrected chi connectivity index (χ1v) is 6.40. The van der Waals surface area contributed by atoms with Gasteiger partial charge in [-0.25, -0.2) is 14.4 Å². The van der Waals surface area contributed by atoms with Crippen molar-refractivity contribution in [3.05, 3.63) is 53.5 Å². The molecule has 0 atom stereocenters. The molecule has 0 bridgehead atoms. The molecule has 106 valence electrons. The number of halogens is 2. The molecule has 1 aromatic carbocycles. The maximum atomic E-state index is 12.5. The first-order chi connectivity index (χ1) is 10.3. The zero-order valence-electron chi connectivity index (χ0n) is 10.7. The maximum Gasteiger partial charge on any atom is 0.321 e. The number of hydrogen-bond donors (Lipinski definition) is 0. The molecular weight excluding hydrogens is 297 g/mol. The summed E-state index contributed by atoms with van der Waals surface area (Å²) in [6.45, 7) is -0.712. The number of benzene rings is 1. The van der Waals surface area contributed by atoms with Gasteiger partial charge in [-0.1, -0.05) is 28.9 Å². The van der Waals surface area contributed by atoms with Crippen molar-refractivity contribution >= 4 is 11.6 Å². The van der Waals surface area contributed by atoms with Crippen LogP contribution in [0, 0.1) is 0 Å². The summed E-state index contributed by atoms with van der Waals surface area (Å²) in [7, 11) is 0. The van der Waals surface area contributed by atoms with Crippen LogP contribution in [-0.4, -0.2) is 15.1 Å². The van der Waals surface area contributed by atoms with Gasteiger partial charge < -0.3 is 9.26 Å². The van der Waals surface area contributed by atoms with Crippen LogP contribution >= 0.6 is 11.6 Å². The molecule has 3 aromatic rings. The fourth-order valence-electron chi connectivity index (χ4n) is 1.72. The number of rotatable bonds is 4. The van der Waals surface area contributed by atoms with E-state index in [2.05, 4.69) is 15.1 Å². The fourth-order valence-corrected chi connectivity index (χ4v) is 1.82. The van der Waals surface area contributed by atoms with Crippen LogP contribution in [0.5, 0.6) is 11.8 Å².